The highest BCUT2D eigenvalue weighted by molar-refractivity contribution is 6.24. The Morgan fingerprint density at radius 3 is 2.14 bits per heavy atom. The molecule has 0 unspecified atom stereocenters. The van der Waals surface area contributed by atoms with Gasteiger partial charge in [-0.25, -0.2) is 14.4 Å². The van der Waals surface area contributed by atoms with Crippen molar-refractivity contribution < 1.29 is 33.0 Å². The van der Waals surface area contributed by atoms with E-state index in [9.17, 15) is 14.0 Å². The van der Waals surface area contributed by atoms with Crippen molar-refractivity contribution in [2.75, 3.05) is 31.3 Å². The molecule has 2 saturated heterocycles. The molecule has 2 aliphatic rings. The average molecular weight is 478 g/mol. The molecule has 0 spiro atoms. The summed E-state index contributed by atoms with van der Waals surface area (Å²) >= 11 is 0. The van der Waals surface area contributed by atoms with Gasteiger partial charge in [0.1, 0.15) is 17.8 Å². The standard InChI is InChI=1S/C26H23FN2O6/c1-32-19-14-13-16(22(33-2)23(19)34-3)21-20-24(35-29(21)15-9-5-4-6-10-15)26(31)28(25(20)30)18-12-8-7-11-17(18)27/h4-14,20-21,24H,1-3H3/t20-,21-,24+/m1/s1. The minimum absolute atomic E-state index is 0.107. The highest BCUT2D eigenvalue weighted by Crippen LogP contribution is 2.52. The van der Waals surface area contributed by atoms with Crippen LogP contribution in [-0.2, 0) is 14.4 Å². The molecule has 3 atom stereocenters. The first-order valence-corrected chi connectivity index (χ1v) is 10.9. The minimum Gasteiger partial charge on any atom is -0.493 e. The van der Waals surface area contributed by atoms with Crippen LogP contribution in [0.5, 0.6) is 17.2 Å². The van der Waals surface area contributed by atoms with Crippen molar-refractivity contribution >= 4 is 23.2 Å². The first-order valence-electron chi connectivity index (χ1n) is 10.9. The first kappa shape index (κ1) is 22.7. The maximum atomic E-state index is 14.6. The molecular formula is C26H23FN2O6. The largest absolute Gasteiger partial charge is 0.493 e. The number of anilines is 2. The van der Waals surface area contributed by atoms with Crippen molar-refractivity contribution in [1.82, 2.24) is 0 Å². The van der Waals surface area contributed by atoms with Crippen LogP contribution < -0.4 is 24.2 Å². The van der Waals surface area contributed by atoms with E-state index in [1.807, 2.05) is 30.3 Å². The number of imide groups is 1. The van der Waals surface area contributed by atoms with Crippen LogP contribution >= 0.6 is 0 Å². The zero-order valence-electron chi connectivity index (χ0n) is 19.3. The topological polar surface area (TPSA) is 77.5 Å². The fourth-order valence-corrected chi connectivity index (χ4v) is 4.76. The molecule has 8 nitrogen and oxygen atoms in total. The van der Waals surface area contributed by atoms with Gasteiger partial charge < -0.3 is 14.2 Å². The number of fused-ring (bicyclic) bond motifs is 1. The molecule has 9 heteroatoms. The number of benzene rings is 3. The van der Waals surface area contributed by atoms with Gasteiger partial charge >= 0.3 is 0 Å². The number of methoxy groups -OCH3 is 3. The van der Waals surface area contributed by atoms with Gasteiger partial charge in [-0.3, -0.25) is 14.4 Å². The number of amides is 2. The van der Waals surface area contributed by atoms with Crippen molar-refractivity contribution in [2.45, 2.75) is 12.1 Å². The SMILES string of the molecule is COc1ccc([C@@H]2[C@H]3C(=O)N(c4ccccc4F)C(=O)[C@H]3ON2c2ccccc2)c(OC)c1OC. The maximum absolute atomic E-state index is 14.6. The molecule has 2 heterocycles. The van der Waals surface area contributed by atoms with Crippen molar-refractivity contribution in [3.8, 4) is 17.2 Å². The number of ether oxygens (including phenoxy) is 3. The molecule has 0 aromatic heterocycles. The molecule has 35 heavy (non-hydrogen) atoms. The van der Waals surface area contributed by atoms with Gasteiger partial charge in [-0.1, -0.05) is 30.3 Å². The Morgan fingerprint density at radius 1 is 0.800 bits per heavy atom. The second-order valence-corrected chi connectivity index (χ2v) is 8.04. The Labute approximate surface area is 201 Å². The van der Waals surface area contributed by atoms with Crippen molar-refractivity contribution in [3.63, 3.8) is 0 Å². The zero-order chi connectivity index (χ0) is 24.7. The van der Waals surface area contributed by atoms with Crippen molar-refractivity contribution in [3.05, 3.63) is 78.1 Å². The summed E-state index contributed by atoms with van der Waals surface area (Å²) in [6, 6.07) is 17.5. The van der Waals surface area contributed by atoms with E-state index in [1.165, 1.54) is 44.6 Å². The average Bonchev–Trinajstić information content (AvgIpc) is 3.39. The molecule has 0 N–H and O–H groups in total. The second-order valence-electron chi connectivity index (χ2n) is 8.04. The molecule has 0 radical (unpaired) electrons. The molecule has 5 rings (SSSR count). The molecule has 2 amide bonds. The van der Waals surface area contributed by atoms with E-state index in [-0.39, 0.29) is 5.69 Å². The van der Waals surface area contributed by atoms with Crippen LogP contribution in [0.2, 0.25) is 0 Å². The quantitative estimate of drug-likeness (QED) is 0.498. The van der Waals surface area contributed by atoms with Gasteiger partial charge in [-0.15, -0.1) is 0 Å². The van der Waals surface area contributed by atoms with Crippen molar-refractivity contribution in [1.29, 1.82) is 0 Å². The maximum Gasteiger partial charge on any atom is 0.266 e. The van der Waals surface area contributed by atoms with Crippen LogP contribution in [0.1, 0.15) is 11.6 Å². The predicted molar refractivity (Wildman–Crippen MR) is 125 cm³/mol. The van der Waals surface area contributed by atoms with Gasteiger partial charge in [0.15, 0.2) is 17.6 Å². The molecule has 3 aromatic rings. The summed E-state index contributed by atoms with van der Waals surface area (Å²) in [7, 11) is 4.47. The highest BCUT2D eigenvalue weighted by atomic mass is 19.1. The molecule has 2 fully saturated rings. The fraction of sp³-hybridized carbons (Fsp3) is 0.231. The number of carbonyl (C=O) groups excluding carboxylic acids is 2. The Hall–Kier alpha value is -4.11. The van der Waals surface area contributed by atoms with Gasteiger partial charge in [0.25, 0.3) is 5.91 Å². The summed E-state index contributed by atoms with van der Waals surface area (Å²) in [5, 5.41) is 1.54. The Morgan fingerprint density at radius 2 is 1.49 bits per heavy atom. The summed E-state index contributed by atoms with van der Waals surface area (Å²) in [5.74, 6) is -1.71. The van der Waals surface area contributed by atoms with Crippen LogP contribution in [0.25, 0.3) is 0 Å². The lowest BCUT2D eigenvalue weighted by Gasteiger charge is -2.30. The Bertz CT molecular complexity index is 1280. The minimum atomic E-state index is -1.15. The molecule has 180 valence electrons. The van der Waals surface area contributed by atoms with Gasteiger partial charge in [0.05, 0.1) is 32.7 Å². The summed E-state index contributed by atoms with van der Waals surface area (Å²) in [6.07, 6.45) is -1.15. The van der Waals surface area contributed by atoms with E-state index in [2.05, 4.69) is 0 Å². The lowest BCUT2D eigenvalue weighted by molar-refractivity contribution is -0.126. The number of para-hydroxylation sites is 2. The van der Waals surface area contributed by atoms with E-state index >= 15 is 0 Å². The second kappa shape index (κ2) is 8.92. The molecule has 0 bridgehead atoms. The Kier molecular flexibility index (Phi) is 5.78. The monoisotopic (exact) mass is 478 g/mol. The van der Waals surface area contributed by atoms with E-state index < -0.39 is 35.7 Å². The number of rotatable bonds is 6. The molecule has 3 aromatic carbocycles. The third-order valence-corrected chi connectivity index (χ3v) is 6.27. The van der Waals surface area contributed by atoms with E-state index in [1.54, 1.807) is 18.2 Å². The Balaban J connectivity index is 1.67. The normalized spacial score (nSPS) is 21.3. The van der Waals surface area contributed by atoms with E-state index in [0.717, 1.165) is 4.90 Å². The van der Waals surface area contributed by atoms with Crippen LogP contribution in [0, 0.1) is 11.7 Å². The summed E-state index contributed by atoms with van der Waals surface area (Å²) in [5.41, 5.74) is 1.09. The van der Waals surface area contributed by atoms with Gasteiger partial charge in [-0.2, -0.15) is 0 Å². The highest BCUT2D eigenvalue weighted by Gasteiger charge is 2.61. The fourth-order valence-electron chi connectivity index (χ4n) is 4.76. The van der Waals surface area contributed by atoms with Gasteiger partial charge in [0.2, 0.25) is 11.7 Å². The first-order chi connectivity index (χ1) is 17.0. The molecule has 2 aliphatic heterocycles. The van der Waals surface area contributed by atoms with Crippen LogP contribution in [-0.4, -0.2) is 39.2 Å². The van der Waals surface area contributed by atoms with Crippen LogP contribution in [0.15, 0.2) is 66.7 Å². The van der Waals surface area contributed by atoms with E-state index in [0.29, 0.717) is 28.5 Å². The van der Waals surface area contributed by atoms with Crippen molar-refractivity contribution in [2.24, 2.45) is 5.92 Å². The number of hydrogen-bond donors (Lipinski definition) is 0. The number of hydrogen-bond acceptors (Lipinski definition) is 7. The number of hydroxylamine groups is 1. The summed E-state index contributed by atoms with van der Waals surface area (Å²) in [6.45, 7) is 0. The third kappa shape index (κ3) is 3.47. The predicted octanol–water partition coefficient (Wildman–Crippen LogP) is 3.90. The third-order valence-electron chi connectivity index (χ3n) is 6.27. The summed E-state index contributed by atoms with van der Waals surface area (Å²) in [4.78, 5) is 34.1. The van der Waals surface area contributed by atoms with Gasteiger partial charge in [0, 0.05) is 5.56 Å². The lowest BCUT2D eigenvalue weighted by Crippen LogP contribution is -2.38. The smallest absolute Gasteiger partial charge is 0.266 e. The molecule has 0 aliphatic carbocycles. The number of nitrogens with zero attached hydrogens (tertiary/aromatic N) is 2. The number of carbonyl (C=O) groups is 2. The molecule has 0 saturated carbocycles. The van der Waals surface area contributed by atoms with E-state index in [4.69, 9.17) is 19.0 Å². The molecular weight excluding hydrogens is 455 g/mol. The summed E-state index contributed by atoms with van der Waals surface area (Å²) < 4.78 is 31.2. The van der Waals surface area contributed by atoms with Crippen LogP contribution in [0.4, 0.5) is 15.8 Å². The lowest BCUT2D eigenvalue weighted by atomic mass is 9.89. The zero-order valence-corrected chi connectivity index (χ0v) is 19.3. The van der Waals surface area contributed by atoms with Crippen LogP contribution in [0.3, 0.4) is 0 Å². The number of halogens is 1. The van der Waals surface area contributed by atoms with Gasteiger partial charge in [-0.05, 0) is 36.4 Å².